The molecule has 8 heteroatoms. The molecule has 0 spiro atoms. The van der Waals surface area contributed by atoms with Gasteiger partial charge in [0.25, 0.3) is 0 Å². The summed E-state index contributed by atoms with van der Waals surface area (Å²) in [5.74, 6) is 0. The summed E-state index contributed by atoms with van der Waals surface area (Å²) in [4.78, 5) is 3.69. The molecule has 0 fully saturated rings. The van der Waals surface area contributed by atoms with Crippen LogP contribution in [0.1, 0.15) is 18.5 Å². The second kappa shape index (κ2) is 6.50. The number of sulfonamides is 1. The van der Waals surface area contributed by atoms with Gasteiger partial charge >= 0.3 is 0 Å². The molecule has 112 valence electrons. The number of hydrogen-bond donors (Lipinski definition) is 1. The van der Waals surface area contributed by atoms with Crippen molar-refractivity contribution in [3.63, 3.8) is 0 Å². The van der Waals surface area contributed by atoms with E-state index in [1.807, 2.05) is 0 Å². The molecule has 0 radical (unpaired) electrons. The van der Waals surface area contributed by atoms with Crippen LogP contribution >= 0.6 is 34.8 Å². The summed E-state index contributed by atoms with van der Waals surface area (Å²) >= 11 is 17.3. The zero-order valence-corrected chi connectivity index (χ0v) is 13.9. The van der Waals surface area contributed by atoms with Gasteiger partial charge in [-0.2, -0.15) is 0 Å². The lowest BCUT2D eigenvalue weighted by atomic mass is 10.1. The fraction of sp³-hybridized carbons (Fsp3) is 0.154. The number of nitrogens with zero attached hydrogens (tertiary/aromatic N) is 1. The van der Waals surface area contributed by atoms with Crippen molar-refractivity contribution in [2.24, 2.45) is 0 Å². The second-order valence-electron chi connectivity index (χ2n) is 4.34. The van der Waals surface area contributed by atoms with Crippen molar-refractivity contribution >= 4 is 44.8 Å². The highest BCUT2D eigenvalue weighted by Gasteiger charge is 2.20. The lowest BCUT2D eigenvalue weighted by Gasteiger charge is -2.15. The molecule has 1 aromatic carbocycles. The van der Waals surface area contributed by atoms with Gasteiger partial charge in [-0.1, -0.05) is 46.9 Å². The molecule has 0 aliphatic carbocycles. The molecule has 1 aromatic heterocycles. The topological polar surface area (TPSA) is 59.1 Å². The van der Waals surface area contributed by atoms with Gasteiger partial charge in [-0.3, -0.25) is 0 Å². The summed E-state index contributed by atoms with van der Waals surface area (Å²) < 4.78 is 27.1. The molecule has 2 rings (SSSR count). The van der Waals surface area contributed by atoms with E-state index in [1.54, 1.807) is 31.2 Å². The molecule has 0 saturated carbocycles. The summed E-state index contributed by atoms with van der Waals surface area (Å²) in [5.41, 5.74) is 0.788. The Kier molecular flexibility index (Phi) is 5.11. The number of rotatable bonds is 4. The molecule has 21 heavy (non-hydrogen) atoms. The Labute approximate surface area is 138 Å². The molecule has 0 bridgehead atoms. The van der Waals surface area contributed by atoms with Gasteiger partial charge in [0.15, 0.2) is 0 Å². The van der Waals surface area contributed by atoms with E-state index in [4.69, 9.17) is 34.8 Å². The van der Waals surface area contributed by atoms with E-state index in [1.165, 1.54) is 6.07 Å². The van der Waals surface area contributed by atoms with Crippen LogP contribution in [0.4, 0.5) is 0 Å². The molecular formula is C13H11Cl3N2O2S. The smallest absolute Gasteiger partial charge is 0.242 e. The molecule has 0 aliphatic rings. The fourth-order valence-electron chi connectivity index (χ4n) is 1.67. The zero-order chi connectivity index (χ0) is 15.6. The summed E-state index contributed by atoms with van der Waals surface area (Å²) in [6.07, 6.45) is 1.16. The minimum absolute atomic E-state index is 0.0438. The average Bonchev–Trinajstić information content (AvgIpc) is 2.42. The predicted molar refractivity (Wildman–Crippen MR) is 84.4 cm³/mol. The highest BCUT2D eigenvalue weighted by Crippen LogP contribution is 2.24. The summed E-state index contributed by atoms with van der Waals surface area (Å²) in [5, 5.41) is 0.725. The third-order valence-electron chi connectivity index (χ3n) is 2.78. The Morgan fingerprint density at radius 2 is 1.76 bits per heavy atom. The first kappa shape index (κ1) is 16.5. The maximum Gasteiger partial charge on any atom is 0.242 e. The van der Waals surface area contributed by atoms with Crippen LogP contribution in [0, 0.1) is 0 Å². The largest absolute Gasteiger partial charge is 0.242 e. The van der Waals surface area contributed by atoms with Gasteiger partial charge in [0.1, 0.15) is 10.0 Å². The van der Waals surface area contributed by atoms with Crippen LogP contribution in [0.25, 0.3) is 0 Å². The Hall–Kier alpha value is -0.850. The molecule has 1 heterocycles. The molecule has 0 saturated heterocycles. The number of hydrogen-bond acceptors (Lipinski definition) is 3. The summed E-state index contributed by atoms with van der Waals surface area (Å²) in [6, 6.07) is 7.73. The van der Waals surface area contributed by atoms with Crippen molar-refractivity contribution in [2.45, 2.75) is 17.9 Å². The van der Waals surface area contributed by atoms with E-state index < -0.39 is 16.1 Å². The van der Waals surface area contributed by atoms with Gasteiger partial charge in [-0.15, -0.1) is 0 Å². The SMILES string of the molecule is CC(NS(=O)(=O)c1cnc(Cl)c(Cl)c1)c1ccc(Cl)cc1. The van der Waals surface area contributed by atoms with E-state index >= 15 is 0 Å². The molecule has 0 aliphatic heterocycles. The van der Waals surface area contributed by atoms with Crippen LogP contribution < -0.4 is 4.72 Å². The molecular weight excluding hydrogens is 355 g/mol. The highest BCUT2D eigenvalue weighted by atomic mass is 35.5. The van der Waals surface area contributed by atoms with E-state index in [9.17, 15) is 8.42 Å². The van der Waals surface area contributed by atoms with E-state index in [0.717, 1.165) is 11.8 Å². The Morgan fingerprint density at radius 3 is 2.33 bits per heavy atom. The minimum atomic E-state index is -3.75. The number of nitrogens with one attached hydrogen (secondary N) is 1. The first-order valence-corrected chi connectivity index (χ1v) is 8.50. The molecule has 1 atom stereocenters. The average molecular weight is 366 g/mol. The van der Waals surface area contributed by atoms with Crippen molar-refractivity contribution in [1.29, 1.82) is 0 Å². The highest BCUT2D eigenvalue weighted by molar-refractivity contribution is 7.89. The third kappa shape index (κ3) is 4.08. The summed E-state index contributed by atoms with van der Waals surface area (Å²) in [6.45, 7) is 1.73. The van der Waals surface area contributed by atoms with Crippen LogP contribution in [0.5, 0.6) is 0 Å². The van der Waals surface area contributed by atoms with Gasteiger partial charge in [0.2, 0.25) is 10.0 Å². The van der Waals surface area contributed by atoms with Crippen molar-refractivity contribution in [1.82, 2.24) is 9.71 Å². The van der Waals surface area contributed by atoms with Gasteiger partial charge in [-0.05, 0) is 30.7 Å². The van der Waals surface area contributed by atoms with Crippen LogP contribution in [-0.4, -0.2) is 13.4 Å². The normalized spacial score (nSPS) is 13.1. The molecule has 2 aromatic rings. The molecule has 1 N–H and O–H groups in total. The van der Waals surface area contributed by atoms with Crippen molar-refractivity contribution in [2.75, 3.05) is 0 Å². The first-order chi connectivity index (χ1) is 9.79. The molecule has 1 unspecified atom stereocenters. The fourth-order valence-corrected chi connectivity index (χ4v) is 3.33. The number of pyridine rings is 1. The zero-order valence-electron chi connectivity index (χ0n) is 10.8. The van der Waals surface area contributed by atoms with Crippen molar-refractivity contribution < 1.29 is 8.42 Å². The third-order valence-corrected chi connectivity index (χ3v) is 5.23. The van der Waals surface area contributed by atoms with Crippen LogP contribution in [0.15, 0.2) is 41.4 Å². The first-order valence-electron chi connectivity index (χ1n) is 5.88. The lowest BCUT2D eigenvalue weighted by Crippen LogP contribution is -2.27. The van der Waals surface area contributed by atoms with Crippen molar-refractivity contribution in [3.8, 4) is 0 Å². The lowest BCUT2D eigenvalue weighted by molar-refractivity contribution is 0.566. The minimum Gasteiger partial charge on any atom is -0.242 e. The number of benzene rings is 1. The quantitative estimate of drug-likeness (QED) is 0.830. The Bertz CT molecular complexity index is 749. The van der Waals surface area contributed by atoms with Crippen molar-refractivity contribution in [3.05, 3.63) is 57.3 Å². The van der Waals surface area contributed by atoms with Crippen LogP contribution in [0.3, 0.4) is 0 Å². The van der Waals surface area contributed by atoms with E-state index in [2.05, 4.69) is 9.71 Å². The number of halogens is 3. The van der Waals surface area contributed by atoms with Gasteiger partial charge in [-0.25, -0.2) is 18.1 Å². The summed E-state index contributed by atoms with van der Waals surface area (Å²) in [7, 11) is -3.75. The molecule has 4 nitrogen and oxygen atoms in total. The molecule has 0 amide bonds. The maximum atomic E-state index is 12.3. The van der Waals surface area contributed by atoms with Gasteiger partial charge in [0.05, 0.1) is 5.02 Å². The maximum absolute atomic E-state index is 12.3. The standard InChI is InChI=1S/C13H11Cl3N2O2S/c1-8(9-2-4-10(14)5-3-9)18-21(19,20)11-6-12(15)13(16)17-7-11/h2-8,18H,1H3. The van der Waals surface area contributed by atoms with Gasteiger partial charge in [0, 0.05) is 17.3 Å². The van der Waals surface area contributed by atoms with Crippen LogP contribution in [0.2, 0.25) is 15.2 Å². The monoisotopic (exact) mass is 364 g/mol. The van der Waals surface area contributed by atoms with Crippen LogP contribution in [-0.2, 0) is 10.0 Å². The Morgan fingerprint density at radius 1 is 1.14 bits per heavy atom. The predicted octanol–water partition coefficient (Wildman–Crippen LogP) is 4.08. The Balaban J connectivity index is 2.24. The second-order valence-corrected chi connectivity index (χ2v) is 7.25. The van der Waals surface area contributed by atoms with E-state index in [-0.39, 0.29) is 15.1 Å². The number of aromatic nitrogens is 1. The van der Waals surface area contributed by atoms with E-state index in [0.29, 0.717) is 5.02 Å². The van der Waals surface area contributed by atoms with Gasteiger partial charge < -0.3 is 0 Å².